The van der Waals surface area contributed by atoms with E-state index in [1.54, 1.807) is 4.90 Å². The molecule has 0 aliphatic carbocycles. The first-order valence-electron chi connectivity index (χ1n) is 7.78. The zero-order valence-corrected chi connectivity index (χ0v) is 13.2. The van der Waals surface area contributed by atoms with Crippen LogP contribution in [0.3, 0.4) is 0 Å². The van der Waals surface area contributed by atoms with Crippen LogP contribution in [0.2, 0.25) is 0 Å². The van der Waals surface area contributed by atoms with E-state index in [-0.39, 0.29) is 11.5 Å². The van der Waals surface area contributed by atoms with Gasteiger partial charge in [0.15, 0.2) is 0 Å². The van der Waals surface area contributed by atoms with Crippen molar-refractivity contribution in [3.05, 3.63) is 0 Å². The molecule has 116 valence electrons. The maximum absolute atomic E-state index is 11.7. The highest BCUT2D eigenvalue weighted by Crippen LogP contribution is 2.24. The van der Waals surface area contributed by atoms with Crippen LogP contribution in [0.25, 0.3) is 0 Å². The fourth-order valence-corrected chi connectivity index (χ4v) is 2.96. The topological polar surface area (TPSA) is 44.8 Å². The number of amides is 1. The minimum Gasteiger partial charge on any atom is -0.374 e. The monoisotopic (exact) mass is 283 g/mol. The molecule has 0 saturated carbocycles. The van der Waals surface area contributed by atoms with Crippen LogP contribution in [-0.4, -0.2) is 74.2 Å². The predicted octanol–water partition coefficient (Wildman–Crippen LogP) is 0.698. The molecule has 0 bridgehead atoms. The molecule has 0 spiro atoms. The lowest BCUT2D eigenvalue weighted by molar-refractivity contribution is -0.130. The van der Waals surface area contributed by atoms with Crippen molar-refractivity contribution in [1.82, 2.24) is 15.1 Å². The number of carbonyl (C=O) groups excluding carboxylic acids is 1. The smallest absolute Gasteiger partial charge is 0.236 e. The van der Waals surface area contributed by atoms with E-state index in [0.717, 1.165) is 45.5 Å². The molecule has 0 aromatic rings. The summed E-state index contributed by atoms with van der Waals surface area (Å²) in [7, 11) is 3.64. The van der Waals surface area contributed by atoms with Crippen LogP contribution in [0.1, 0.15) is 32.6 Å². The highest BCUT2D eigenvalue weighted by molar-refractivity contribution is 5.77. The van der Waals surface area contributed by atoms with Crippen LogP contribution in [-0.2, 0) is 9.53 Å². The second-order valence-electron chi connectivity index (χ2n) is 6.62. The molecule has 1 atom stereocenters. The van der Waals surface area contributed by atoms with Gasteiger partial charge in [-0.2, -0.15) is 0 Å². The second kappa shape index (κ2) is 6.87. The Labute approximate surface area is 122 Å². The minimum absolute atomic E-state index is 0.0397. The van der Waals surface area contributed by atoms with E-state index in [0.29, 0.717) is 12.6 Å². The lowest BCUT2D eigenvalue weighted by Crippen LogP contribution is -2.49. The van der Waals surface area contributed by atoms with Crippen molar-refractivity contribution in [2.75, 3.05) is 46.9 Å². The molecule has 1 unspecified atom stereocenters. The highest BCUT2D eigenvalue weighted by atomic mass is 16.5. The summed E-state index contributed by atoms with van der Waals surface area (Å²) in [4.78, 5) is 15.6. The molecule has 0 radical (unpaired) electrons. The third kappa shape index (κ3) is 4.43. The molecule has 1 amide bonds. The Bertz CT molecular complexity index is 319. The van der Waals surface area contributed by atoms with E-state index in [9.17, 15) is 4.79 Å². The molecule has 2 saturated heterocycles. The van der Waals surface area contributed by atoms with Gasteiger partial charge in [0, 0.05) is 46.4 Å². The quantitative estimate of drug-likeness (QED) is 0.807. The number of piperidine rings is 1. The van der Waals surface area contributed by atoms with Gasteiger partial charge in [-0.05, 0) is 32.6 Å². The van der Waals surface area contributed by atoms with Crippen LogP contribution >= 0.6 is 0 Å². The first-order valence-corrected chi connectivity index (χ1v) is 7.78. The number of carbonyl (C=O) groups is 1. The average Bonchev–Trinajstić information content (AvgIpc) is 2.85. The van der Waals surface area contributed by atoms with E-state index in [1.165, 1.54) is 6.42 Å². The van der Waals surface area contributed by atoms with E-state index >= 15 is 0 Å². The first kappa shape index (κ1) is 15.7. The molecule has 0 aromatic carbocycles. The molecule has 2 aliphatic rings. The zero-order valence-electron chi connectivity index (χ0n) is 13.2. The SMILES string of the molecule is CN(C)C(=O)CN1CCC(NCC2(C)CCCO2)CC1. The summed E-state index contributed by atoms with van der Waals surface area (Å²) in [6, 6.07) is 0.571. The lowest BCUT2D eigenvalue weighted by Gasteiger charge is -2.34. The molecule has 2 aliphatic heterocycles. The number of rotatable bonds is 5. The van der Waals surface area contributed by atoms with Crippen molar-refractivity contribution in [1.29, 1.82) is 0 Å². The zero-order chi connectivity index (χ0) is 14.6. The molecule has 1 N–H and O–H groups in total. The maximum atomic E-state index is 11.7. The first-order chi connectivity index (χ1) is 9.48. The van der Waals surface area contributed by atoms with Crippen LogP contribution in [0, 0.1) is 0 Å². The van der Waals surface area contributed by atoms with Crippen molar-refractivity contribution in [2.24, 2.45) is 0 Å². The summed E-state index contributed by atoms with van der Waals surface area (Å²) in [6.07, 6.45) is 4.59. The molecular weight excluding hydrogens is 254 g/mol. The fraction of sp³-hybridized carbons (Fsp3) is 0.933. The van der Waals surface area contributed by atoms with Crippen LogP contribution < -0.4 is 5.32 Å². The van der Waals surface area contributed by atoms with Crippen LogP contribution in [0.4, 0.5) is 0 Å². The van der Waals surface area contributed by atoms with Gasteiger partial charge in [-0.25, -0.2) is 0 Å². The minimum atomic E-state index is 0.0397. The van der Waals surface area contributed by atoms with Crippen molar-refractivity contribution >= 4 is 5.91 Å². The Kier molecular flexibility index (Phi) is 5.41. The van der Waals surface area contributed by atoms with E-state index in [2.05, 4.69) is 17.1 Å². The fourth-order valence-electron chi connectivity index (χ4n) is 2.96. The summed E-state index contributed by atoms with van der Waals surface area (Å²) >= 11 is 0. The summed E-state index contributed by atoms with van der Waals surface area (Å²) in [5.74, 6) is 0.197. The van der Waals surface area contributed by atoms with Crippen molar-refractivity contribution < 1.29 is 9.53 Å². The summed E-state index contributed by atoms with van der Waals surface area (Å²) in [5, 5.41) is 3.65. The van der Waals surface area contributed by atoms with Crippen LogP contribution in [0.15, 0.2) is 0 Å². The third-order valence-electron chi connectivity index (χ3n) is 4.51. The molecule has 0 aromatic heterocycles. The van der Waals surface area contributed by atoms with E-state index in [4.69, 9.17) is 4.74 Å². The number of nitrogens with one attached hydrogen (secondary N) is 1. The molecule has 20 heavy (non-hydrogen) atoms. The van der Waals surface area contributed by atoms with Crippen molar-refractivity contribution in [3.63, 3.8) is 0 Å². The van der Waals surface area contributed by atoms with Gasteiger partial charge < -0.3 is 15.0 Å². The number of hydrogen-bond acceptors (Lipinski definition) is 4. The van der Waals surface area contributed by atoms with E-state index < -0.39 is 0 Å². The Morgan fingerprint density at radius 2 is 2.10 bits per heavy atom. The van der Waals surface area contributed by atoms with Crippen molar-refractivity contribution in [2.45, 2.75) is 44.2 Å². The number of hydrogen-bond donors (Lipinski definition) is 1. The van der Waals surface area contributed by atoms with Gasteiger partial charge in [0.2, 0.25) is 5.91 Å². The van der Waals surface area contributed by atoms with Gasteiger partial charge in [0.25, 0.3) is 0 Å². The van der Waals surface area contributed by atoms with Crippen LogP contribution in [0.5, 0.6) is 0 Å². The molecular formula is C15H29N3O2. The predicted molar refractivity (Wildman–Crippen MR) is 79.7 cm³/mol. The largest absolute Gasteiger partial charge is 0.374 e. The molecule has 2 fully saturated rings. The van der Waals surface area contributed by atoms with Gasteiger partial charge >= 0.3 is 0 Å². The summed E-state index contributed by atoms with van der Waals surface area (Å²) < 4.78 is 5.81. The Morgan fingerprint density at radius 3 is 2.65 bits per heavy atom. The number of ether oxygens (including phenoxy) is 1. The summed E-state index contributed by atoms with van der Waals surface area (Å²) in [5.41, 5.74) is 0.0397. The van der Waals surface area contributed by atoms with Gasteiger partial charge in [-0.15, -0.1) is 0 Å². The summed E-state index contributed by atoms with van der Waals surface area (Å²) in [6.45, 7) is 6.64. The number of nitrogens with zero attached hydrogens (tertiary/aromatic N) is 2. The molecule has 2 heterocycles. The Balaban J connectivity index is 1.65. The number of likely N-dealkylation sites (tertiary alicyclic amines) is 1. The van der Waals surface area contributed by atoms with Gasteiger partial charge in [0.05, 0.1) is 12.1 Å². The maximum Gasteiger partial charge on any atom is 0.236 e. The molecule has 2 rings (SSSR count). The second-order valence-corrected chi connectivity index (χ2v) is 6.62. The molecule has 5 heteroatoms. The lowest BCUT2D eigenvalue weighted by atomic mass is 10.00. The normalized spacial score (nSPS) is 28.8. The van der Waals surface area contributed by atoms with Gasteiger partial charge in [-0.3, -0.25) is 9.69 Å². The highest BCUT2D eigenvalue weighted by Gasteiger charge is 2.31. The van der Waals surface area contributed by atoms with Gasteiger partial charge in [0.1, 0.15) is 0 Å². The average molecular weight is 283 g/mol. The van der Waals surface area contributed by atoms with E-state index in [1.807, 2.05) is 14.1 Å². The Morgan fingerprint density at radius 1 is 1.40 bits per heavy atom. The van der Waals surface area contributed by atoms with Crippen molar-refractivity contribution in [3.8, 4) is 0 Å². The Hall–Kier alpha value is -0.650. The van der Waals surface area contributed by atoms with Gasteiger partial charge in [-0.1, -0.05) is 0 Å². The molecule has 5 nitrogen and oxygen atoms in total. The number of likely N-dealkylation sites (N-methyl/N-ethyl adjacent to an activating group) is 1. The third-order valence-corrected chi connectivity index (χ3v) is 4.51. The standard InChI is InChI=1S/C15H29N3O2/c1-15(7-4-10-20-15)12-16-13-5-8-18(9-6-13)11-14(19)17(2)3/h13,16H,4-12H2,1-3H3.